The van der Waals surface area contributed by atoms with Gasteiger partial charge in [-0.25, -0.2) is 4.99 Å². The Labute approximate surface area is 132 Å². The van der Waals surface area contributed by atoms with Gasteiger partial charge < -0.3 is 10.6 Å². The van der Waals surface area contributed by atoms with E-state index in [1.165, 1.54) is 19.3 Å². The summed E-state index contributed by atoms with van der Waals surface area (Å²) in [6.45, 7) is 4.65. The van der Waals surface area contributed by atoms with Gasteiger partial charge in [-0.3, -0.25) is 4.68 Å². The number of rotatable bonds is 6. The van der Waals surface area contributed by atoms with E-state index in [1.54, 1.807) is 6.20 Å². The molecule has 2 rings (SSSR count). The lowest BCUT2D eigenvalue weighted by molar-refractivity contribution is 0.679. The summed E-state index contributed by atoms with van der Waals surface area (Å²) in [4.78, 5) is 4.57. The fourth-order valence-corrected chi connectivity index (χ4v) is 1.86. The van der Waals surface area contributed by atoms with Crippen LogP contribution >= 0.6 is 24.0 Å². The second kappa shape index (κ2) is 8.39. The molecule has 0 bridgehead atoms. The molecule has 1 heterocycles. The average molecular weight is 377 g/mol. The van der Waals surface area contributed by atoms with Crippen LogP contribution in [0.4, 0.5) is 0 Å². The second-order valence-electron chi connectivity index (χ2n) is 4.80. The Morgan fingerprint density at radius 1 is 1.47 bits per heavy atom. The minimum absolute atomic E-state index is 0. The van der Waals surface area contributed by atoms with E-state index in [4.69, 9.17) is 0 Å². The van der Waals surface area contributed by atoms with E-state index in [1.807, 2.05) is 17.8 Å². The standard InChI is InChI=1S/C13H23N5.HI/c1-3-14-13(15-8-6-11-4-5-11)16-10-12-7-9-17-18(12)2;/h7,9,11H,3-6,8,10H2,1-2H3,(H2,14,15,16);1H. The molecule has 0 spiro atoms. The molecular formula is C13H24IN5. The molecule has 0 saturated heterocycles. The van der Waals surface area contributed by atoms with Gasteiger partial charge in [0, 0.05) is 26.3 Å². The molecule has 0 amide bonds. The summed E-state index contributed by atoms with van der Waals surface area (Å²) in [5.41, 5.74) is 1.12. The number of halogens is 1. The summed E-state index contributed by atoms with van der Waals surface area (Å²) in [5, 5.41) is 10.8. The molecule has 1 fully saturated rings. The normalized spacial score (nSPS) is 14.9. The van der Waals surface area contributed by atoms with E-state index < -0.39 is 0 Å². The molecule has 1 aliphatic rings. The highest BCUT2D eigenvalue weighted by molar-refractivity contribution is 14.0. The maximum absolute atomic E-state index is 4.57. The van der Waals surface area contributed by atoms with Gasteiger partial charge in [0.15, 0.2) is 5.96 Å². The quantitative estimate of drug-likeness (QED) is 0.452. The van der Waals surface area contributed by atoms with Gasteiger partial charge in [0.25, 0.3) is 0 Å². The van der Waals surface area contributed by atoms with Gasteiger partial charge in [0.05, 0.1) is 12.2 Å². The van der Waals surface area contributed by atoms with E-state index in [2.05, 4.69) is 27.6 Å². The second-order valence-corrected chi connectivity index (χ2v) is 4.80. The predicted molar refractivity (Wildman–Crippen MR) is 88.8 cm³/mol. The maximum atomic E-state index is 4.57. The largest absolute Gasteiger partial charge is 0.357 e. The van der Waals surface area contributed by atoms with Gasteiger partial charge in [-0.1, -0.05) is 12.8 Å². The van der Waals surface area contributed by atoms with Crippen LogP contribution in [0, 0.1) is 5.92 Å². The summed E-state index contributed by atoms with van der Waals surface area (Å²) >= 11 is 0. The monoisotopic (exact) mass is 377 g/mol. The molecule has 1 saturated carbocycles. The number of aliphatic imine (C=N–C) groups is 1. The molecule has 1 aromatic rings. The van der Waals surface area contributed by atoms with Crippen molar-refractivity contribution in [2.75, 3.05) is 13.1 Å². The van der Waals surface area contributed by atoms with Crippen molar-refractivity contribution in [1.29, 1.82) is 0 Å². The van der Waals surface area contributed by atoms with Gasteiger partial charge in [-0.15, -0.1) is 24.0 Å². The van der Waals surface area contributed by atoms with Crippen molar-refractivity contribution in [3.05, 3.63) is 18.0 Å². The maximum Gasteiger partial charge on any atom is 0.191 e. The first-order valence-corrected chi connectivity index (χ1v) is 6.78. The number of aromatic nitrogens is 2. The third-order valence-electron chi connectivity index (χ3n) is 3.21. The number of guanidine groups is 1. The average Bonchev–Trinajstić information content (AvgIpc) is 3.09. The lowest BCUT2D eigenvalue weighted by Crippen LogP contribution is -2.37. The van der Waals surface area contributed by atoms with Crippen LogP contribution < -0.4 is 10.6 Å². The molecule has 0 aliphatic heterocycles. The Kier molecular flexibility index (Phi) is 7.19. The molecule has 1 aromatic heterocycles. The fourth-order valence-electron chi connectivity index (χ4n) is 1.86. The Morgan fingerprint density at radius 3 is 2.84 bits per heavy atom. The van der Waals surface area contributed by atoms with Gasteiger partial charge >= 0.3 is 0 Å². The van der Waals surface area contributed by atoms with Gasteiger partial charge in [0.2, 0.25) is 0 Å². The number of aryl methyl sites for hydroxylation is 1. The van der Waals surface area contributed by atoms with Crippen LogP contribution in [0.15, 0.2) is 17.3 Å². The molecule has 108 valence electrons. The van der Waals surface area contributed by atoms with Crippen LogP contribution in [0.2, 0.25) is 0 Å². The highest BCUT2D eigenvalue weighted by Crippen LogP contribution is 2.31. The van der Waals surface area contributed by atoms with Crippen molar-refractivity contribution in [2.45, 2.75) is 32.7 Å². The third kappa shape index (κ3) is 5.80. The minimum Gasteiger partial charge on any atom is -0.357 e. The van der Waals surface area contributed by atoms with Crippen LogP contribution in [-0.2, 0) is 13.6 Å². The van der Waals surface area contributed by atoms with E-state index >= 15 is 0 Å². The first-order valence-electron chi connectivity index (χ1n) is 6.78. The van der Waals surface area contributed by atoms with E-state index in [0.29, 0.717) is 6.54 Å². The Hall–Kier alpha value is -0.790. The molecule has 0 radical (unpaired) electrons. The number of hydrogen-bond acceptors (Lipinski definition) is 2. The van der Waals surface area contributed by atoms with E-state index in [0.717, 1.165) is 30.7 Å². The Morgan fingerprint density at radius 2 is 2.26 bits per heavy atom. The lowest BCUT2D eigenvalue weighted by Gasteiger charge is -2.10. The van der Waals surface area contributed by atoms with Crippen LogP contribution in [0.5, 0.6) is 0 Å². The van der Waals surface area contributed by atoms with Crippen LogP contribution in [0.1, 0.15) is 31.9 Å². The van der Waals surface area contributed by atoms with Gasteiger partial charge in [-0.05, 0) is 25.3 Å². The lowest BCUT2D eigenvalue weighted by atomic mass is 10.3. The van der Waals surface area contributed by atoms with Crippen molar-refractivity contribution in [3.63, 3.8) is 0 Å². The molecule has 0 unspecified atom stereocenters. The van der Waals surface area contributed by atoms with Gasteiger partial charge in [-0.2, -0.15) is 5.10 Å². The zero-order chi connectivity index (χ0) is 12.8. The van der Waals surface area contributed by atoms with E-state index in [9.17, 15) is 0 Å². The first-order chi connectivity index (χ1) is 8.79. The van der Waals surface area contributed by atoms with Crippen molar-refractivity contribution in [1.82, 2.24) is 20.4 Å². The fraction of sp³-hybridized carbons (Fsp3) is 0.692. The predicted octanol–water partition coefficient (Wildman–Crippen LogP) is 1.89. The Balaban J connectivity index is 0.00000180. The summed E-state index contributed by atoms with van der Waals surface area (Å²) in [6, 6.07) is 2.00. The van der Waals surface area contributed by atoms with Crippen molar-refractivity contribution < 1.29 is 0 Å². The molecular weight excluding hydrogens is 353 g/mol. The minimum atomic E-state index is 0. The molecule has 5 nitrogen and oxygen atoms in total. The van der Waals surface area contributed by atoms with Crippen LogP contribution in [-0.4, -0.2) is 28.8 Å². The number of nitrogens with zero attached hydrogens (tertiary/aromatic N) is 3. The summed E-state index contributed by atoms with van der Waals surface area (Å²) in [5.74, 6) is 1.86. The number of hydrogen-bond donors (Lipinski definition) is 2. The smallest absolute Gasteiger partial charge is 0.191 e. The summed E-state index contributed by atoms with van der Waals surface area (Å²) < 4.78 is 1.86. The zero-order valence-corrected chi connectivity index (χ0v) is 14.1. The molecule has 0 atom stereocenters. The highest BCUT2D eigenvalue weighted by Gasteiger charge is 2.20. The molecule has 19 heavy (non-hydrogen) atoms. The van der Waals surface area contributed by atoms with Crippen LogP contribution in [0.3, 0.4) is 0 Å². The van der Waals surface area contributed by atoms with Crippen molar-refractivity contribution in [2.24, 2.45) is 18.0 Å². The Bertz CT molecular complexity index is 397. The molecule has 0 aromatic carbocycles. The molecule has 2 N–H and O–H groups in total. The highest BCUT2D eigenvalue weighted by atomic mass is 127. The SMILES string of the molecule is CCNC(=NCc1ccnn1C)NCCC1CC1.I. The molecule has 1 aliphatic carbocycles. The zero-order valence-electron chi connectivity index (χ0n) is 11.7. The number of nitrogens with one attached hydrogen (secondary N) is 2. The van der Waals surface area contributed by atoms with Gasteiger partial charge in [0.1, 0.15) is 0 Å². The molecule has 6 heteroatoms. The summed E-state index contributed by atoms with van der Waals surface area (Å²) in [7, 11) is 1.94. The first kappa shape index (κ1) is 16.3. The van der Waals surface area contributed by atoms with Crippen LogP contribution in [0.25, 0.3) is 0 Å². The summed E-state index contributed by atoms with van der Waals surface area (Å²) in [6.07, 6.45) is 5.88. The topological polar surface area (TPSA) is 54.2 Å². The van der Waals surface area contributed by atoms with Crippen molar-refractivity contribution >= 4 is 29.9 Å². The van der Waals surface area contributed by atoms with E-state index in [-0.39, 0.29) is 24.0 Å². The van der Waals surface area contributed by atoms with Crippen molar-refractivity contribution in [3.8, 4) is 0 Å². The third-order valence-corrected chi connectivity index (χ3v) is 3.21.